The molecule has 1 heterocycles. The lowest BCUT2D eigenvalue weighted by atomic mass is 10.1. The predicted octanol–water partition coefficient (Wildman–Crippen LogP) is 0.793. The van der Waals surface area contributed by atoms with Gasteiger partial charge in [0.05, 0.1) is 0 Å². The molecular weight excluding hydrogens is 126 g/mol. The summed E-state index contributed by atoms with van der Waals surface area (Å²) in [5.74, 6) is 0. The predicted molar refractivity (Wildman–Crippen MR) is 41.5 cm³/mol. The second-order valence-corrected chi connectivity index (χ2v) is 2.58. The molecule has 0 aliphatic carbocycles. The summed E-state index contributed by atoms with van der Waals surface area (Å²) < 4.78 is 5.21. The molecule has 1 fully saturated rings. The van der Waals surface area contributed by atoms with Gasteiger partial charge in [0.15, 0.2) is 0 Å². The Morgan fingerprint density at radius 2 is 2.20 bits per heavy atom. The summed E-state index contributed by atoms with van der Waals surface area (Å²) in [7, 11) is 0. The van der Waals surface area contributed by atoms with Crippen LogP contribution >= 0.6 is 0 Å². The van der Waals surface area contributed by atoms with Crippen LogP contribution < -0.4 is 5.32 Å². The van der Waals surface area contributed by atoms with Gasteiger partial charge in [-0.25, -0.2) is 0 Å². The molecule has 0 saturated carbocycles. The van der Waals surface area contributed by atoms with E-state index in [9.17, 15) is 0 Å². The largest absolute Gasteiger partial charge is 0.381 e. The van der Waals surface area contributed by atoms with E-state index in [2.05, 4.69) is 12.2 Å². The Hall–Kier alpha value is -0.210. The van der Waals surface area contributed by atoms with Gasteiger partial charge < -0.3 is 4.74 Å². The Morgan fingerprint density at radius 1 is 1.50 bits per heavy atom. The lowest BCUT2D eigenvalue weighted by molar-refractivity contribution is 0.0787. The van der Waals surface area contributed by atoms with Crippen LogP contribution in [0.1, 0.15) is 12.8 Å². The molecule has 0 unspecified atom stereocenters. The first-order valence-electron chi connectivity index (χ1n) is 3.85. The number of hydrogen-bond donors (Lipinski definition) is 1. The van der Waals surface area contributed by atoms with E-state index >= 15 is 0 Å². The van der Waals surface area contributed by atoms with Gasteiger partial charge in [-0.15, -0.1) is 6.92 Å². The molecule has 1 saturated heterocycles. The Kier molecular flexibility index (Phi) is 3.62. The topological polar surface area (TPSA) is 21.3 Å². The van der Waals surface area contributed by atoms with Gasteiger partial charge in [-0.3, -0.25) is 5.32 Å². The highest BCUT2D eigenvalue weighted by Crippen LogP contribution is 2.05. The molecule has 1 aliphatic rings. The highest BCUT2D eigenvalue weighted by atomic mass is 16.5. The fraction of sp³-hybridized carbons (Fsp3) is 0.750. The zero-order chi connectivity index (χ0) is 7.23. The van der Waals surface area contributed by atoms with Gasteiger partial charge in [-0.1, -0.05) is 6.42 Å². The summed E-state index contributed by atoms with van der Waals surface area (Å²) in [4.78, 5) is 0. The standard InChI is InChI=1S/C8H15NO/c1-2-5-9-8-3-6-10-7-4-8/h2,8-9H,1,3-7H2. The minimum Gasteiger partial charge on any atom is -0.381 e. The summed E-state index contributed by atoms with van der Waals surface area (Å²) >= 11 is 0. The third kappa shape index (κ3) is 2.58. The molecule has 0 spiro atoms. The SMILES string of the molecule is [CH2-][CH+]CNC1CCOCC1. The quantitative estimate of drug-likeness (QED) is 0.587. The highest BCUT2D eigenvalue weighted by molar-refractivity contribution is 4.76. The molecule has 0 radical (unpaired) electrons. The summed E-state index contributed by atoms with van der Waals surface area (Å²) in [5, 5.41) is 3.37. The summed E-state index contributed by atoms with van der Waals surface area (Å²) in [6.45, 7) is 6.40. The van der Waals surface area contributed by atoms with Crippen LogP contribution in [-0.2, 0) is 4.74 Å². The molecule has 0 aromatic carbocycles. The Bertz CT molecular complexity index is 79.3. The molecule has 0 amide bonds. The summed E-state index contributed by atoms with van der Waals surface area (Å²) in [6, 6.07) is 0.659. The normalized spacial score (nSPS) is 20.9. The van der Waals surface area contributed by atoms with Gasteiger partial charge in [-0.2, -0.15) is 0 Å². The van der Waals surface area contributed by atoms with Crippen molar-refractivity contribution in [2.45, 2.75) is 18.9 Å². The minimum absolute atomic E-state index is 0.659. The highest BCUT2D eigenvalue weighted by Gasteiger charge is 2.12. The van der Waals surface area contributed by atoms with Crippen LogP contribution in [0.25, 0.3) is 0 Å². The molecular formula is C8H15NO. The maximum Gasteiger partial charge on any atom is 0.108 e. The van der Waals surface area contributed by atoms with Gasteiger partial charge in [0.25, 0.3) is 0 Å². The molecule has 0 aromatic rings. The van der Waals surface area contributed by atoms with E-state index in [-0.39, 0.29) is 0 Å². The fourth-order valence-corrected chi connectivity index (χ4v) is 1.15. The van der Waals surface area contributed by atoms with E-state index in [4.69, 9.17) is 4.74 Å². The third-order valence-corrected chi connectivity index (χ3v) is 1.77. The van der Waals surface area contributed by atoms with E-state index < -0.39 is 0 Å². The lowest BCUT2D eigenvalue weighted by Gasteiger charge is -2.21. The van der Waals surface area contributed by atoms with Crippen molar-refractivity contribution in [3.8, 4) is 0 Å². The fourth-order valence-electron chi connectivity index (χ4n) is 1.15. The van der Waals surface area contributed by atoms with Crippen LogP contribution in [0.15, 0.2) is 0 Å². The van der Waals surface area contributed by atoms with Crippen molar-refractivity contribution in [2.24, 2.45) is 0 Å². The smallest absolute Gasteiger partial charge is 0.108 e. The van der Waals surface area contributed by atoms with Crippen LogP contribution in [0.5, 0.6) is 0 Å². The minimum atomic E-state index is 0.659. The summed E-state index contributed by atoms with van der Waals surface area (Å²) in [6.07, 6.45) is 4.19. The molecule has 10 heavy (non-hydrogen) atoms. The van der Waals surface area contributed by atoms with Crippen LogP contribution in [0.2, 0.25) is 0 Å². The van der Waals surface area contributed by atoms with Crippen molar-refractivity contribution in [1.29, 1.82) is 0 Å². The molecule has 58 valence electrons. The second kappa shape index (κ2) is 4.58. The first-order valence-corrected chi connectivity index (χ1v) is 3.85. The first-order chi connectivity index (χ1) is 4.93. The van der Waals surface area contributed by atoms with E-state index in [1.807, 2.05) is 6.42 Å². The molecule has 1 aliphatic heterocycles. The third-order valence-electron chi connectivity index (χ3n) is 1.77. The molecule has 0 atom stereocenters. The number of rotatable bonds is 3. The van der Waals surface area contributed by atoms with Crippen LogP contribution in [0.3, 0.4) is 0 Å². The van der Waals surface area contributed by atoms with Crippen molar-refractivity contribution in [3.63, 3.8) is 0 Å². The van der Waals surface area contributed by atoms with E-state index in [0.29, 0.717) is 6.04 Å². The first kappa shape index (κ1) is 7.89. The van der Waals surface area contributed by atoms with E-state index in [1.54, 1.807) is 0 Å². The number of nitrogens with one attached hydrogen (secondary N) is 1. The average molecular weight is 141 g/mol. The maximum atomic E-state index is 5.21. The Labute approximate surface area is 63.0 Å². The van der Waals surface area contributed by atoms with Gasteiger partial charge in [-0.05, 0) is 12.8 Å². The zero-order valence-corrected chi connectivity index (χ0v) is 6.31. The van der Waals surface area contributed by atoms with Gasteiger partial charge in [0.2, 0.25) is 0 Å². The summed E-state index contributed by atoms with van der Waals surface area (Å²) in [5.41, 5.74) is 0. The van der Waals surface area contributed by atoms with Crippen molar-refractivity contribution in [2.75, 3.05) is 19.8 Å². The van der Waals surface area contributed by atoms with E-state index in [1.165, 1.54) is 0 Å². The van der Waals surface area contributed by atoms with Crippen molar-refractivity contribution < 1.29 is 4.74 Å². The Balaban J connectivity index is 2.02. The lowest BCUT2D eigenvalue weighted by Crippen LogP contribution is -2.35. The molecule has 2 nitrogen and oxygen atoms in total. The molecule has 0 bridgehead atoms. The molecule has 1 N–H and O–H groups in total. The van der Waals surface area contributed by atoms with Crippen LogP contribution in [0, 0.1) is 13.3 Å². The van der Waals surface area contributed by atoms with Crippen molar-refractivity contribution >= 4 is 0 Å². The molecule has 1 rings (SSSR count). The number of ether oxygens (including phenoxy) is 1. The van der Waals surface area contributed by atoms with Gasteiger partial charge >= 0.3 is 0 Å². The second-order valence-electron chi connectivity index (χ2n) is 2.58. The molecule has 2 heteroatoms. The Morgan fingerprint density at radius 3 is 2.80 bits per heavy atom. The molecule has 0 aromatic heterocycles. The van der Waals surface area contributed by atoms with Crippen molar-refractivity contribution in [3.05, 3.63) is 13.3 Å². The number of hydrogen-bond acceptors (Lipinski definition) is 2. The van der Waals surface area contributed by atoms with Crippen LogP contribution in [0.4, 0.5) is 0 Å². The maximum absolute atomic E-state index is 5.21. The van der Waals surface area contributed by atoms with Crippen LogP contribution in [-0.4, -0.2) is 25.8 Å². The van der Waals surface area contributed by atoms with E-state index in [0.717, 1.165) is 32.6 Å². The average Bonchev–Trinajstić information content (AvgIpc) is 2.03. The van der Waals surface area contributed by atoms with Crippen molar-refractivity contribution in [1.82, 2.24) is 5.32 Å². The zero-order valence-electron chi connectivity index (χ0n) is 6.31. The van der Waals surface area contributed by atoms with Gasteiger partial charge in [0, 0.05) is 19.3 Å². The van der Waals surface area contributed by atoms with Gasteiger partial charge in [0.1, 0.15) is 6.54 Å². The monoisotopic (exact) mass is 141 g/mol.